The Labute approximate surface area is 131 Å². The molecule has 0 aliphatic heterocycles. The predicted octanol–water partition coefficient (Wildman–Crippen LogP) is 4.86. The normalized spacial score (nSPS) is 10.4. The fourth-order valence-electron chi connectivity index (χ4n) is 1.43. The van der Waals surface area contributed by atoms with Crippen LogP contribution in [0.25, 0.3) is 11.4 Å². The molecule has 1 N–H and O–H groups in total. The lowest BCUT2D eigenvalue weighted by Gasteiger charge is -2.07. The summed E-state index contributed by atoms with van der Waals surface area (Å²) in [7, 11) is 0. The summed E-state index contributed by atoms with van der Waals surface area (Å²) in [4.78, 5) is 8.83. The van der Waals surface area contributed by atoms with Crippen LogP contribution in [-0.4, -0.2) is 16.5 Å². The van der Waals surface area contributed by atoms with Gasteiger partial charge in [-0.3, -0.25) is 0 Å². The summed E-state index contributed by atoms with van der Waals surface area (Å²) in [6, 6.07) is 5.94. The average molecular weight is 436 g/mol. The Morgan fingerprint density at radius 1 is 1.11 bits per heavy atom. The van der Waals surface area contributed by atoms with Crippen LogP contribution >= 0.6 is 47.8 Å². The smallest absolute Gasteiger partial charge is 0.161 e. The molecule has 1 heterocycles. The molecule has 3 nitrogen and oxygen atoms in total. The van der Waals surface area contributed by atoms with Crippen LogP contribution in [0, 0.1) is 0 Å². The Morgan fingerprint density at radius 3 is 2.56 bits per heavy atom. The van der Waals surface area contributed by atoms with E-state index in [-0.39, 0.29) is 0 Å². The minimum atomic E-state index is 0.697. The molecule has 0 aliphatic rings. The van der Waals surface area contributed by atoms with Crippen LogP contribution in [0.5, 0.6) is 0 Å². The third kappa shape index (κ3) is 3.10. The number of rotatable bonds is 3. The Morgan fingerprint density at radius 2 is 1.89 bits per heavy atom. The number of hydrogen-bond donors (Lipinski definition) is 1. The van der Waals surface area contributed by atoms with Crippen LogP contribution in [-0.2, 0) is 0 Å². The van der Waals surface area contributed by atoms with Gasteiger partial charge in [0.25, 0.3) is 0 Å². The molecule has 2 aromatic rings. The summed E-state index contributed by atoms with van der Waals surface area (Å²) < 4.78 is 2.86. The van der Waals surface area contributed by atoms with Gasteiger partial charge in [0.2, 0.25) is 0 Å². The van der Waals surface area contributed by atoms with E-state index in [9.17, 15) is 0 Å². The average Bonchev–Trinajstić information content (AvgIpc) is 2.36. The minimum Gasteiger partial charge on any atom is -0.369 e. The molecule has 0 aliphatic carbocycles. The molecule has 1 aromatic heterocycles. The van der Waals surface area contributed by atoms with Crippen molar-refractivity contribution in [2.45, 2.75) is 6.92 Å². The van der Waals surface area contributed by atoms with Crippen LogP contribution in [0.15, 0.2) is 37.8 Å². The first-order valence-corrected chi connectivity index (χ1v) is 7.71. The highest BCUT2D eigenvalue weighted by Crippen LogP contribution is 2.29. The highest BCUT2D eigenvalue weighted by atomic mass is 79.9. The molecule has 2 rings (SSSR count). The van der Waals surface area contributed by atoms with E-state index >= 15 is 0 Å². The van der Waals surface area contributed by atoms with Gasteiger partial charge < -0.3 is 5.32 Å². The van der Waals surface area contributed by atoms with Crippen molar-refractivity contribution in [1.82, 2.24) is 9.97 Å². The minimum absolute atomic E-state index is 0.697. The molecule has 0 unspecified atom stereocenters. The number of anilines is 1. The van der Waals surface area contributed by atoms with E-state index in [1.807, 2.05) is 25.1 Å². The Balaban J connectivity index is 2.44. The number of aromatic nitrogens is 2. The highest BCUT2D eigenvalue weighted by molar-refractivity contribution is 9.13. The summed E-state index contributed by atoms with van der Waals surface area (Å²) in [5.41, 5.74) is 0.969. The molecule has 0 atom stereocenters. The maximum Gasteiger partial charge on any atom is 0.161 e. The fourth-order valence-corrected chi connectivity index (χ4v) is 2.39. The zero-order valence-corrected chi connectivity index (χ0v) is 14.3. The zero-order chi connectivity index (χ0) is 13.1. The first kappa shape index (κ1) is 14.0. The lowest BCUT2D eigenvalue weighted by molar-refractivity contribution is 1.10. The van der Waals surface area contributed by atoms with E-state index in [4.69, 9.17) is 0 Å². The second-order valence-electron chi connectivity index (χ2n) is 3.55. The first-order valence-electron chi connectivity index (χ1n) is 5.33. The molecular weight excluding hydrogens is 426 g/mol. The first-order chi connectivity index (χ1) is 8.61. The van der Waals surface area contributed by atoms with E-state index in [0.29, 0.717) is 5.82 Å². The quantitative estimate of drug-likeness (QED) is 0.747. The van der Waals surface area contributed by atoms with Crippen molar-refractivity contribution in [3.8, 4) is 11.4 Å². The molecule has 0 radical (unpaired) electrons. The van der Waals surface area contributed by atoms with Crippen molar-refractivity contribution in [2.24, 2.45) is 0 Å². The topological polar surface area (TPSA) is 37.8 Å². The van der Waals surface area contributed by atoms with Crippen molar-refractivity contribution in [2.75, 3.05) is 11.9 Å². The summed E-state index contributed by atoms with van der Waals surface area (Å²) in [5, 5.41) is 3.19. The van der Waals surface area contributed by atoms with Gasteiger partial charge in [0.1, 0.15) is 5.82 Å². The summed E-state index contributed by atoms with van der Waals surface area (Å²) in [6.07, 6.45) is 1.76. The van der Waals surface area contributed by atoms with Crippen molar-refractivity contribution in [1.29, 1.82) is 0 Å². The highest BCUT2D eigenvalue weighted by Gasteiger charge is 2.07. The summed E-state index contributed by atoms with van der Waals surface area (Å²) >= 11 is 10.4. The van der Waals surface area contributed by atoms with Gasteiger partial charge >= 0.3 is 0 Å². The van der Waals surface area contributed by atoms with Gasteiger partial charge in [0.15, 0.2) is 5.82 Å². The van der Waals surface area contributed by atoms with E-state index in [2.05, 4.69) is 63.1 Å². The monoisotopic (exact) mass is 433 g/mol. The molecule has 18 heavy (non-hydrogen) atoms. The van der Waals surface area contributed by atoms with Crippen molar-refractivity contribution < 1.29 is 0 Å². The molecule has 0 saturated heterocycles. The lowest BCUT2D eigenvalue weighted by Crippen LogP contribution is -2.02. The maximum absolute atomic E-state index is 4.50. The second kappa shape index (κ2) is 6.12. The van der Waals surface area contributed by atoms with Crippen LogP contribution < -0.4 is 5.32 Å². The second-order valence-corrected chi connectivity index (χ2v) is 6.11. The van der Waals surface area contributed by atoms with Gasteiger partial charge in [-0.25, -0.2) is 9.97 Å². The predicted molar refractivity (Wildman–Crippen MR) is 84.7 cm³/mol. The van der Waals surface area contributed by atoms with Gasteiger partial charge in [0, 0.05) is 27.3 Å². The lowest BCUT2D eigenvalue weighted by atomic mass is 10.2. The van der Waals surface area contributed by atoms with Crippen molar-refractivity contribution in [3.63, 3.8) is 0 Å². The van der Waals surface area contributed by atoms with Crippen molar-refractivity contribution in [3.05, 3.63) is 37.8 Å². The van der Waals surface area contributed by atoms with E-state index in [1.165, 1.54) is 0 Å². The largest absolute Gasteiger partial charge is 0.369 e. The van der Waals surface area contributed by atoms with E-state index in [0.717, 1.165) is 31.3 Å². The number of nitrogens with zero attached hydrogens (tertiary/aromatic N) is 2. The number of benzene rings is 1. The van der Waals surface area contributed by atoms with Crippen LogP contribution in [0.3, 0.4) is 0 Å². The summed E-state index contributed by atoms with van der Waals surface area (Å²) in [5.74, 6) is 1.50. The molecule has 0 spiro atoms. The Bertz CT molecular complexity index is 572. The molecule has 0 saturated carbocycles. The third-order valence-corrected chi connectivity index (χ3v) is 4.73. The fraction of sp³-hybridized carbons (Fsp3) is 0.167. The standard InChI is InChI=1S/C12H10Br3N3/c1-2-16-12-10(15)6-17-11(18-12)7-3-4-8(13)9(14)5-7/h3-6H,2H2,1H3,(H,16,17,18). The van der Waals surface area contributed by atoms with Gasteiger partial charge in [-0.2, -0.15) is 0 Å². The Kier molecular flexibility index (Phi) is 4.75. The molecule has 0 fully saturated rings. The third-order valence-electron chi connectivity index (χ3n) is 2.27. The van der Waals surface area contributed by atoms with Crippen LogP contribution in [0.4, 0.5) is 5.82 Å². The summed E-state index contributed by atoms with van der Waals surface area (Å²) in [6.45, 7) is 2.85. The number of nitrogens with one attached hydrogen (secondary N) is 1. The molecule has 6 heteroatoms. The molecule has 1 aromatic carbocycles. The van der Waals surface area contributed by atoms with Crippen LogP contribution in [0.2, 0.25) is 0 Å². The maximum atomic E-state index is 4.50. The molecule has 0 bridgehead atoms. The van der Waals surface area contributed by atoms with Gasteiger partial charge in [-0.15, -0.1) is 0 Å². The number of hydrogen-bond acceptors (Lipinski definition) is 3. The SMILES string of the molecule is CCNc1nc(-c2ccc(Br)c(Br)c2)ncc1Br. The molecule has 94 valence electrons. The van der Waals surface area contributed by atoms with Gasteiger partial charge in [-0.05, 0) is 72.9 Å². The number of halogens is 3. The van der Waals surface area contributed by atoms with Crippen molar-refractivity contribution >= 4 is 53.6 Å². The van der Waals surface area contributed by atoms with Gasteiger partial charge in [0.05, 0.1) is 4.47 Å². The Hall–Kier alpha value is -0.460. The molecule has 0 amide bonds. The van der Waals surface area contributed by atoms with Gasteiger partial charge in [-0.1, -0.05) is 0 Å². The molecular formula is C12H10Br3N3. The van der Waals surface area contributed by atoms with E-state index < -0.39 is 0 Å². The van der Waals surface area contributed by atoms with Crippen LogP contribution in [0.1, 0.15) is 6.92 Å². The zero-order valence-electron chi connectivity index (χ0n) is 9.54. The van der Waals surface area contributed by atoms with E-state index in [1.54, 1.807) is 6.20 Å².